The second-order valence-corrected chi connectivity index (χ2v) is 17.5. The van der Waals surface area contributed by atoms with Crippen molar-refractivity contribution in [3.05, 3.63) is 70.2 Å². The van der Waals surface area contributed by atoms with Crippen molar-refractivity contribution in [1.29, 1.82) is 0 Å². The smallest absolute Gasteiger partial charge is 0.319 e. The fourth-order valence-corrected chi connectivity index (χ4v) is 6.27. The van der Waals surface area contributed by atoms with Crippen LogP contribution in [0.1, 0.15) is 55.1 Å². The van der Waals surface area contributed by atoms with Crippen molar-refractivity contribution in [3.8, 4) is 5.75 Å². The predicted molar refractivity (Wildman–Crippen MR) is 165 cm³/mol. The molecule has 5 amide bonds. The average molecular weight is 607 g/mol. The third kappa shape index (κ3) is 5.87. The Labute approximate surface area is 251 Å². The molecule has 1 fully saturated rings. The third-order valence-electron chi connectivity index (χ3n) is 8.39. The van der Waals surface area contributed by atoms with E-state index in [0.717, 1.165) is 27.6 Å². The third-order valence-corrected chi connectivity index (χ3v) is 13.2. The molecule has 3 aromatic carbocycles. The first-order valence-electron chi connectivity index (χ1n) is 14.0. The van der Waals surface area contributed by atoms with Crippen LogP contribution >= 0.6 is 11.6 Å². The average Bonchev–Trinajstić information content (AvgIpc) is 3.23. The summed E-state index contributed by atoms with van der Waals surface area (Å²) in [4.78, 5) is 50.9. The van der Waals surface area contributed by atoms with Gasteiger partial charge in [0.2, 0.25) is 20.1 Å². The first-order valence-corrected chi connectivity index (χ1v) is 17.2. The van der Waals surface area contributed by atoms with Gasteiger partial charge in [-0.25, -0.2) is 4.79 Å². The molecule has 2 aliphatic heterocycles. The Morgan fingerprint density at radius 2 is 1.86 bits per heavy atom. The van der Waals surface area contributed by atoms with Gasteiger partial charge in [0.15, 0.2) is 0 Å². The number of imide groups is 1. The molecule has 11 heteroatoms. The summed E-state index contributed by atoms with van der Waals surface area (Å²) < 4.78 is 6.43. The number of fused-ring (bicyclic) bond motifs is 2. The summed E-state index contributed by atoms with van der Waals surface area (Å²) in [6, 6.07) is 13.7. The number of urea groups is 1. The van der Waals surface area contributed by atoms with E-state index in [4.69, 9.17) is 16.0 Å². The summed E-state index contributed by atoms with van der Waals surface area (Å²) in [7, 11) is -1.99. The SMILES string of the molecule is CC(C)(C)[Si](C)(C)Oc1ccc2c(Cl)c(NC(=O)NCc3ccc4c(c3)CN(C3CCC(=O)NC3=O)C4=O)ccc2c1. The summed E-state index contributed by atoms with van der Waals surface area (Å²) in [5, 5.41) is 10.2. The lowest BCUT2D eigenvalue weighted by Crippen LogP contribution is -2.52. The van der Waals surface area contributed by atoms with Crippen LogP contribution in [0.3, 0.4) is 0 Å². The first kappa shape index (κ1) is 29.6. The number of anilines is 1. The van der Waals surface area contributed by atoms with Crippen LogP contribution in [0.15, 0.2) is 48.5 Å². The van der Waals surface area contributed by atoms with E-state index in [-0.39, 0.29) is 36.4 Å². The fraction of sp³-hybridized carbons (Fsp3) is 0.355. The molecule has 2 aliphatic rings. The molecule has 220 valence electrons. The molecule has 5 rings (SSSR count). The van der Waals surface area contributed by atoms with Gasteiger partial charge in [0.1, 0.15) is 11.8 Å². The topological polar surface area (TPSA) is 117 Å². The van der Waals surface area contributed by atoms with Gasteiger partial charge in [-0.1, -0.05) is 50.6 Å². The van der Waals surface area contributed by atoms with Gasteiger partial charge in [-0.05, 0) is 71.4 Å². The molecule has 42 heavy (non-hydrogen) atoms. The number of piperidine rings is 1. The van der Waals surface area contributed by atoms with Crippen molar-refractivity contribution >= 4 is 60.1 Å². The van der Waals surface area contributed by atoms with Crippen molar-refractivity contribution < 1.29 is 23.6 Å². The van der Waals surface area contributed by atoms with Crippen molar-refractivity contribution in [3.63, 3.8) is 0 Å². The number of carbonyl (C=O) groups excluding carboxylic acids is 4. The second-order valence-electron chi connectivity index (χ2n) is 12.4. The highest BCUT2D eigenvalue weighted by Gasteiger charge is 2.40. The van der Waals surface area contributed by atoms with Crippen molar-refractivity contribution in [2.75, 3.05) is 5.32 Å². The van der Waals surface area contributed by atoms with Crippen LogP contribution in [-0.2, 0) is 22.7 Å². The molecule has 1 saturated heterocycles. The number of rotatable bonds is 6. The molecule has 3 aromatic rings. The lowest BCUT2D eigenvalue weighted by atomic mass is 10.0. The number of amides is 5. The van der Waals surface area contributed by atoms with Gasteiger partial charge in [-0.2, -0.15) is 0 Å². The van der Waals surface area contributed by atoms with Crippen molar-refractivity contribution in [2.45, 2.75) is 70.9 Å². The van der Waals surface area contributed by atoms with E-state index in [1.54, 1.807) is 18.2 Å². The number of hydrogen-bond acceptors (Lipinski definition) is 5. The molecule has 3 N–H and O–H groups in total. The lowest BCUT2D eigenvalue weighted by Gasteiger charge is -2.36. The van der Waals surface area contributed by atoms with Crippen molar-refractivity contribution in [1.82, 2.24) is 15.5 Å². The normalized spacial score (nSPS) is 17.2. The molecule has 2 heterocycles. The molecule has 0 saturated carbocycles. The van der Waals surface area contributed by atoms with E-state index in [9.17, 15) is 19.2 Å². The van der Waals surface area contributed by atoms with E-state index in [1.165, 1.54) is 4.90 Å². The van der Waals surface area contributed by atoms with E-state index < -0.39 is 26.3 Å². The van der Waals surface area contributed by atoms with Crippen LogP contribution in [0.4, 0.5) is 10.5 Å². The monoisotopic (exact) mass is 606 g/mol. The number of nitrogens with one attached hydrogen (secondary N) is 3. The Hall–Kier alpha value is -3.89. The summed E-state index contributed by atoms with van der Waals surface area (Å²) >= 11 is 6.68. The summed E-state index contributed by atoms with van der Waals surface area (Å²) in [6.45, 7) is 11.5. The molecule has 9 nitrogen and oxygen atoms in total. The van der Waals surface area contributed by atoms with E-state index in [2.05, 4.69) is 49.8 Å². The molecule has 0 radical (unpaired) electrons. The van der Waals surface area contributed by atoms with Gasteiger partial charge in [0.25, 0.3) is 5.91 Å². The van der Waals surface area contributed by atoms with Crippen LogP contribution < -0.4 is 20.4 Å². The highest BCUT2D eigenvalue weighted by Crippen LogP contribution is 2.39. The Morgan fingerprint density at radius 1 is 1.10 bits per heavy atom. The number of carbonyl (C=O) groups is 4. The molecule has 1 unspecified atom stereocenters. The number of benzene rings is 3. The minimum atomic E-state index is -1.99. The Kier molecular flexibility index (Phi) is 7.80. The largest absolute Gasteiger partial charge is 0.543 e. The highest BCUT2D eigenvalue weighted by atomic mass is 35.5. The van der Waals surface area contributed by atoms with Crippen LogP contribution in [-0.4, -0.2) is 43.0 Å². The maximum Gasteiger partial charge on any atom is 0.319 e. The lowest BCUT2D eigenvalue weighted by molar-refractivity contribution is -0.136. The van der Waals surface area contributed by atoms with Crippen molar-refractivity contribution in [2.24, 2.45) is 0 Å². The van der Waals surface area contributed by atoms with Crippen LogP contribution in [0, 0.1) is 0 Å². The summed E-state index contributed by atoms with van der Waals surface area (Å²) in [5.41, 5.74) is 2.59. The van der Waals surface area contributed by atoms with Gasteiger partial charge in [-0.3, -0.25) is 19.7 Å². The van der Waals surface area contributed by atoms with Gasteiger partial charge >= 0.3 is 6.03 Å². The Balaban J connectivity index is 1.21. The number of hydrogen-bond donors (Lipinski definition) is 3. The second kappa shape index (κ2) is 11.1. The maximum atomic E-state index is 12.9. The molecular formula is C31H35ClN4O5Si. The van der Waals surface area contributed by atoms with Crippen LogP contribution in [0.25, 0.3) is 10.8 Å². The van der Waals surface area contributed by atoms with E-state index in [0.29, 0.717) is 22.7 Å². The molecule has 0 aliphatic carbocycles. The van der Waals surface area contributed by atoms with Gasteiger partial charge < -0.3 is 20.0 Å². The van der Waals surface area contributed by atoms with Crippen LogP contribution in [0.2, 0.25) is 23.2 Å². The van der Waals surface area contributed by atoms with Gasteiger partial charge in [0.05, 0.1) is 10.7 Å². The standard InChI is InChI=1S/C31H35ClN4O5Si/c1-31(2,3)42(4,5)41-21-8-10-22-19(15-21)7-11-24(27(22)32)34-30(40)33-16-18-6-9-23-20(14-18)17-36(29(23)39)25-12-13-26(37)35-28(25)38/h6-11,14-15,25H,12-13,16-17H2,1-5H3,(H2,33,34,40)(H,35,37,38). The molecule has 1 atom stereocenters. The quantitative estimate of drug-likeness (QED) is 0.236. The Bertz CT molecular complexity index is 1620. The highest BCUT2D eigenvalue weighted by molar-refractivity contribution is 6.74. The summed E-state index contributed by atoms with van der Waals surface area (Å²) in [5.74, 6) is -0.197. The molecule has 0 spiro atoms. The zero-order valence-corrected chi connectivity index (χ0v) is 26.1. The fourth-order valence-electron chi connectivity index (χ4n) is 4.96. The molecule has 0 bridgehead atoms. The van der Waals surface area contributed by atoms with E-state index >= 15 is 0 Å². The summed E-state index contributed by atoms with van der Waals surface area (Å²) in [6.07, 6.45) is 0.511. The minimum Gasteiger partial charge on any atom is -0.543 e. The Morgan fingerprint density at radius 3 is 2.57 bits per heavy atom. The predicted octanol–water partition coefficient (Wildman–Crippen LogP) is 5.96. The van der Waals surface area contributed by atoms with Gasteiger partial charge in [0, 0.05) is 30.5 Å². The zero-order chi connectivity index (χ0) is 30.4. The van der Waals surface area contributed by atoms with Gasteiger partial charge in [-0.15, -0.1) is 0 Å². The van der Waals surface area contributed by atoms with E-state index in [1.807, 2.05) is 30.3 Å². The zero-order valence-electron chi connectivity index (χ0n) is 24.4. The number of halogens is 1. The van der Waals surface area contributed by atoms with Crippen LogP contribution in [0.5, 0.6) is 5.75 Å². The molecular weight excluding hydrogens is 572 g/mol. The maximum absolute atomic E-state index is 12.9. The molecule has 0 aromatic heterocycles. The number of nitrogens with zero attached hydrogens (tertiary/aromatic N) is 1. The minimum absolute atomic E-state index is 0.0775. The first-order chi connectivity index (χ1) is 19.7.